The van der Waals surface area contributed by atoms with Gasteiger partial charge in [0.15, 0.2) is 0 Å². The summed E-state index contributed by atoms with van der Waals surface area (Å²) in [5, 5.41) is 3.46. The number of aromatic nitrogens is 2. The van der Waals surface area contributed by atoms with Gasteiger partial charge in [-0.3, -0.25) is 0 Å². The average Bonchev–Trinajstić information content (AvgIpc) is 2.95. The summed E-state index contributed by atoms with van der Waals surface area (Å²) >= 11 is 5.72. The van der Waals surface area contributed by atoms with E-state index in [1.807, 2.05) is 18.7 Å². The van der Waals surface area contributed by atoms with E-state index in [4.69, 9.17) is 11.6 Å². The Labute approximate surface area is 119 Å². The summed E-state index contributed by atoms with van der Waals surface area (Å²) in [6.07, 6.45) is 8.83. The molecule has 0 radical (unpaired) electrons. The number of alkyl halides is 1. The van der Waals surface area contributed by atoms with E-state index >= 15 is 0 Å². The van der Waals surface area contributed by atoms with Crippen LogP contribution in [-0.4, -0.2) is 22.0 Å². The highest BCUT2D eigenvalue weighted by molar-refractivity contribution is 6.17. The molecular formula is C15H20ClN3. The number of nitrogens with one attached hydrogen (secondary N) is 1. The van der Waals surface area contributed by atoms with Crippen LogP contribution in [0.5, 0.6) is 0 Å². The number of aryl methyl sites for hydroxylation is 2. The zero-order valence-electron chi connectivity index (χ0n) is 11.1. The van der Waals surface area contributed by atoms with Crippen molar-refractivity contribution in [2.75, 3.05) is 17.7 Å². The van der Waals surface area contributed by atoms with Crippen LogP contribution in [-0.2, 0) is 13.0 Å². The zero-order chi connectivity index (χ0) is 13.3. The molecule has 0 atom stereocenters. The highest BCUT2D eigenvalue weighted by Crippen LogP contribution is 2.12. The molecule has 19 heavy (non-hydrogen) atoms. The normalized spacial score (nSPS) is 10.6. The van der Waals surface area contributed by atoms with Crippen molar-refractivity contribution in [2.24, 2.45) is 0 Å². The van der Waals surface area contributed by atoms with Gasteiger partial charge in [0, 0.05) is 37.1 Å². The van der Waals surface area contributed by atoms with Crippen molar-refractivity contribution in [3.63, 3.8) is 0 Å². The van der Waals surface area contributed by atoms with Crippen LogP contribution in [0.15, 0.2) is 43.0 Å². The first kappa shape index (κ1) is 13.9. The van der Waals surface area contributed by atoms with Crippen molar-refractivity contribution in [1.82, 2.24) is 9.55 Å². The lowest BCUT2D eigenvalue weighted by molar-refractivity contribution is 0.661. The van der Waals surface area contributed by atoms with Crippen LogP contribution >= 0.6 is 11.6 Å². The molecule has 1 aromatic heterocycles. The fourth-order valence-corrected chi connectivity index (χ4v) is 2.15. The van der Waals surface area contributed by atoms with Crippen LogP contribution in [0.2, 0.25) is 0 Å². The summed E-state index contributed by atoms with van der Waals surface area (Å²) in [4.78, 5) is 4.03. The molecule has 0 spiro atoms. The van der Waals surface area contributed by atoms with Gasteiger partial charge in [0.25, 0.3) is 0 Å². The van der Waals surface area contributed by atoms with E-state index in [0.29, 0.717) is 0 Å². The third-order valence-corrected chi connectivity index (χ3v) is 3.27. The molecule has 0 aliphatic rings. The summed E-state index contributed by atoms with van der Waals surface area (Å²) in [6, 6.07) is 8.58. The Morgan fingerprint density at radius 1 is 1.26 bits per heavy atom. The van der Waals surface area contributed by atoms with Gasteiger partial charge >= 0.3 is 0 Å². The third-order valence-electron chi connectivity index (χ3n) is 3.01. The Hall–Kier alpha value is -1.48. The Bertz CT molecular complexity index is 468. The van der Waals surface area contributed by atoms with E-state index in [0.717, 1.165) is 38.2 Å². The van der Waals surface area contributed by atoms with Crippen molar-refractivity contribution >= 4 is 17.3 Å². The summed E-state index contributed by atoms with van der Waals surface area (Å²) in [7, 11) is 0. The highest BCUT2D eigenvalue weighted by atomic mass is 35.5. The third kappa shape index (κ3) is 4.95. The largest absolute Gasteiger partial charge is 0.385 e. The maximum absolute atomic E-state index is 5.72. The van der Waals surface area contributed by atoms with Gasteiger partial charge in [-0.2, -0.15) is 0 Å². The van der Waals surface area contributed by atoms with Crippen LogP contribution in [0.3, 0.4) is 0 Å². The molecule has 1 heterocycles. The van der Waals surface area contributed by atoms with E-state index in [1.54, 1.807) is 0 Å². The fraction of sp³-hybridized carbons (Fsp3) is 0.400. The number of benzene rings is 1. The van der Waals surface area contributed by atoms with Crippen molar-refractivity contribution in [3.05, 3.63) is 48.5 Å². The molecule has 3 nitrogen and oxygen atoms in total. The second-order valence-electron chi connectivity index (χ2n) is 4.57. The lowest BCUT2D eigenvalue weighted by Crippen LogP contribution is -2.05. The molecule has 0 saturated carbocycles. The predicted molar refractivity (Wildman–Crippen MR) is 80.8 cm³/mol. The number of hydrogen-bond acceptors (Lipinski definition) is 2. The SMILES string of the molecule is ClCCCc1cccc(NCCCn2ccnc2)c1. The molecule has 1 N–H and O–H groups in total. The van der Waals surface area contributed by atoms with Gasteiger partial charge in [0.05, 0.1) is 6.33 Å². The topological polar surface area (TPSA) is 29.9 Å². The summed E-state index contributed by atoms with van der Waals surface area (Å²) in [5.41, 5.74) is 2.54. The van der Waals surface area contributed by atoms with Gasteiger partial charge in [-0.15, -0.1) is 11.6 Å². The van der Waals surface area contributed by atoms with Gasteiger partial charge in [0.2, 0.25) is 0 Å². The fourth-order valence-electron chi connectivity index (χ4n) is 2.02. The first-order valence-electron chi connectivity index (χ1n) is 6.73. The van der Waals surface area contributed by atoms with Crippen molar-refractivity contribution < 1.29 is 0 Å². The molecule has 102 valence electrons. The molecule has 0 aliphatic carbocycles. The van der Waals surface area contributed by atoms with Crippen LogP contribution < -0.4 is 5.32 Å². The van der Waals surface area contributed by atoms with Crippen molar-refractivity contribution in [3.8, 4) is 0 Å². The van der Waals surface area contributed by atoms with Crippen molar-refractivity contribution in [1.29, 1.82) is 0 Å². The Kier molecular flexibility index (Phi) is 5.76. The number of halogens is 1. The smallest absolute Gasteiger partial charge is 0.0945 e. The van der Waals surface area contributed by atoms with Crippen molar-refractivity contribution in [2.45, 2.75) is 25.8 Å². The molecule has 0 saturated heterocycles. The van der Waals surface area contributed by atoms with E-state index < -0.39 is 0 Å². The molecule has 2 aromatic rings. The van der Waals surface area contributed by atoms with Gasteiger partial charge in [0.1, 0.15) is 0 Å². The van der Waals surface area contributed by atoms with E-state index in [-0.39, 0.29) is 0 Å². The minimum Gasteiger partial charge on any atom is -0.385 e. The molecule has 0 fully saturated rings. The number of rotatable bonds is 8. The Morgan fingerprint density at radius 3 is 3.00 bits per heavy atom. The monoisotopic (exact) mass is 277 g/mol. The van der Waals surface area contributed by atoms with E-state index in [9.17, 15) is 0 Å². The minimum atomic E-state index is 0.725. The standard InChI is InChI=1S/C15H20ClN3/c16-7-2-5-14-4-1-6-15(12-14)18-8-3-10-19-11-9-17-13-19/h1,4,6,9,11-13,18H,2-3,5,7-8,10H2. The van der Waals surface area contributed by atoms with Crippen LogP contribution in [0.25, 0.3) is 0 Å². The van der Waals surface area contributed by atoms with Gasteiger partial charge in [-0.1, -0.05) is 12.1 Å². The maximum Gasteiger partial charge on any atom is 0.0945 e. The van der Waals surface area contributed by atoms with E-state index in [2.05, 4.69) is 39.1 Å². The Morgan fingerprint density at radius 2 is 2.21 bits per heavy atom. The summed E-state index contributed by atoms with van der Waals surface area (Å²) in [6.45, 7) is 1.97. The maximum atomic E-state index is 5.72. The van der Waals surface area contributed by atoms with Crippen LogP contribution in [0, 0.1) is 0 Å². The van der Waals surface area contributed by atoms with E-state index in [1.165, 1.54) is 11.3 Å². The molecule has 0 bridgehead atoms. The summed E-state index contributed by atoms with van der Waals surface area (Å²) in [5.74, 6) is 0.725. The molecule has 0 unspecified atom stereocenters. The predicted octanol–water partition coefficient (Wildman–Crippen LogP) is 3.56. The first-order chi connectivity index (χ1) is 9.38. The Balaban J connectivity index is 1.73. The summed E-state index contributed by atoms with van der Waals surface area (Å²) < 4.78 is 2.10. The van der Waals surface area contributed by atoms with Crippen LogP contribution in [0.4, 0.5) is 5.69 Å². The number of hydrogen-bond donors (Lipinski definition) is 1. The first-order valence-corrected chi connectivity index (χ1v) is 7.26. The molecule has 2 rings (SSSR count). The quantitative estimate of drug-likeness (QED) is 0.591. The molecule has 4 heteroatoms. The zero-order valence-corrected chi connectivity index (χ0v) is 11.8. The molecule has 0 aliphatic heterocycles. The number of imidazole rings is 1. The minimum absolute atomic E-state index is 0.725. The van der Waals surface area contributed by atoms with Gasteiger partial charge in [-0.05, 0) is 37.0 Å². The highest BCUT2D eigenvalue weighted by Gasteiger charge is 1.96. The number of nitrogens with zero attached hydrogens (tertiary/aromatic N) is 2. The lowest BCUT2D eigenvalue weighted by Gasteiger charge is -2.08. The number of anilines is 1. The molecule has 0 amide bonds. The average molecular weight is 278 g/mol. The van der Waals surface area contributed by atoms with Gasteiger partial charge < -0.3 is 9.88 Å². The van der Waals surface area contributed by atoms with Gasteiger partial charge in [-0.25, -0.2) is 4.98 Å². The second kappa shape index (κ2) is 7.85. The second-order valence-corrected chi connectivity index (χ2v) is 4.95. The molecular weight excluding hydrogens is 258 g/mol. The lowest BCUT2D eigenvalue weighted by atomic mass is 10.1. The molecule has 1 aromatic carbocycles. The van der Waals surface area contributed by atoms with Crippen LogP contribution in [0.1, 0.15) is 18.4 Å².